The van der Waals surface area contributed by atoms with Crippen molar-refractivity contribution in [3.63, 3.8) is 0 Å². The molecule has 3 aromatic carbocycles. The molecule has 0 bridgehead atoms. The first-order valence-electron chi connectivity index (χ1n) is 11.2. The van der Waals surface area contributed by atoms with Crippen molar-refractivity contribution in [1.29, 1.82) is 0 Å². The third-order valence-corrected chi connectivity index (χ3v) is 7.80. The third-order valence-electron chi connectivity index (χ3n) is 6.07. The van der Waals surface area contributed by atoms with Crippen LogP contribution in [0.5, 0.6) is 0 Å². The van der Waals surface area contributed by atoms with Crippen LogP contribution in [0.4, 0.5) is 16.4 Å². The molecule has 1 atom stereocenters. The zero-order chi connectivity index (χ0) is 25.4. The predicted molar refractivity (Wildman–Crippen MR) is 148 cm³/mol. The van der Waals surface area contributed by atoms with Gasteiger partial charge in [0.05, 0.1) is 10.7 Å². The minimum Gasteiger partial charge on any atom is -0.397 e. The lowest BCUT2D eigenvalue weighted by molar-refractivity contribution is -0.113. The van der Waals surface area contributed by atoms with E-state index in [1.165, 1.54) is 11.3 Å². The third kappa shape index (κ3) is 4.39. The van der Waals surface area contributed by atoms with Gasteiger partial charge in [0.15, 0.2) is 0 Å². The maximum Gasteiger partial charge on any atom is 0.254 e. The van der Waals surface area contributed by atoms with Gasteiger partial charge in [-0.2, -0.15) is 0 Å². The molecule has 2 heterocycles. The molecule has 1 unspecified atom stereocenters. The highest BCUT2D eigenvalue weighted by atomic mass is 35.5. The summed E-state index contributed by atoms with van der Waals surface area (Å²) in [5.74, 6) is -1.06. The van der Waals surface area contributed by atoms with E-state index in [1.54, 1.807) is 30.3 Å². The van der Waals surface area contributed by atoms with Crippen LogP contribution >= 0.6 is 34.5 Å². The van der Waals surface area contributed by atoms with Crippen molar-refractivity contribution in [2.24, 2.45) is 0 Å². The van der Waals surface area contributed by atoms with Crippen molar-refractivity contribution in [1.82, 2.24) is 0 Å². The van der Waals surface area contributed by atoms with Crippen LogP contribution < -0.4 is 16.4 Å². The highest BCUT2D eigenvalue weighted by Crippen LogP contribution is 2.51. The van der Waals surface area contributed by atoms with Gasteiger partial charge in [0.2, 0.25) is 5.78 Å². The molecule has 0 saturated carbocycles. The van der Waals surface area contributed by atoms with Gasteiger partial charge in [0, 0.05) is 44.0 Å². The molecule has 1 amide bonds. The second-order valence-electron chi connectivity index (χ2n) is 8.36. The molecule has 0 spiro atoms. The van der Waals surface area contributed by atoms with E-state index in [2.05, 4.69) is 10.6 Å². The average molecular weight is 534 g/mol. The summed E-state index contributed by atoms with van der Waals surface area (Å²) in [7, 11) is 0. The predicted octanol–water partition coefficient (Wildman–Crippen LogP) is 7.34. The van der Waals surface area contributed by atoms with Crippen LogP contribution in [0.2, 0.25) is 10.0 Å². The van der Waals surface area contributed by atoms with Crippen LogP contribution in [0.25, 0.3) is 0 Å². The topological polar surface area (TPSA) is 84.2 Å². The van der Waals surface area contributed by atoms with Gasteiger partial charge in [-0.25, -0.2) is 0 Å². The molecule has 0 fully saturated rings. The molecule has 180 valence electrons. The van der Waals surface area contributed by atoms with Crippen molar-refractivity contribution in [2.45, 2.75) is 12.8 Å². The molecule has 8 heteroatoms. The van der Waals surface area contributed by atoms with Crippen LogP contribution in [0.3, 0.4) is 0 Å². The molecule has 1 aliphatic heterocycles. The van der Waals surface area contributed by atoms with Crippen molar-refractivity contribution < 1.29 is 9.59 Å². The van der Waals surface area contributed by atoms with E-state index in [9.17, 15) is 9.59 Å². The number of nitrogen functional groups attached to an aromatic ring is 1. The van der Waals surface area contributed by atoms with Crippen molar-refractivity contribution >= 4 is 62.6 Å². The van der Waals surface area contributed by atoms with E-state index < -0.39 is 5.92 Å². The molecule has 1 aliphatic rings. The number of para-hydroxylation sites is 1. The van der Waals surface area contributed by atoms with Crippen molar-refractivity contribution in [3.8, 4) is 0 Å². The normalized spacial score (nSPS) is 14.7. The Bertz CT molecular complexity index is 1510. The highest BCUT2D eigenvalue weighted by Gasteiger charge is 2.38. The first-order chi connectivity index (χ1) is 17.3. The Hall–Kier alpha value is -3.58. The maximum atomic E-state index is 13.6. The summed E-state index contributed by atoms with van der Waals surface area (Å²) in [5, 5.41) is 8.05. The number of hydrogen-bond acceptors (Lipinski definition) is 5. The van der Waals surface area contributed by atoms with E-state index in [0.29, 0.717) is 53.7 Å². The van der Waals surface area contributed by atoms with Crippen molar-refractivity contribution in [3.05, 3.63) is 122 Å². The maximum absolute atomic E-state index is 13.6. The second kappa shape index (κ2) is 9.82. The smallest absolute Gasteiger partial charge is 0.254 e. The quantitative estimate of drug-likeness (QED) is 0.234. The van der Waals surface area contributed by atoms with Crippen LogP contribution in [0.1, 0.15) is 39.2 Å². The first-order valence-corrected chi connectivity index (χ1v) is 12.7. The Balaban J connectivity index is 1.64. The number of ketones is 1. The van der Waals surface area contributed by atoms with E-state index >= 15 is 0 Å². The summed E-state index contributed by atoms with van der Waals surface area (Å²) in [6, 6.07) is 23.3. The molecular weight excluding hydrogens is 513 g/mol. The summed E-state index contributed by atoms with van der Waals surface area (Å²) in [6.45, 7) is 1.84. The summed E-state index contributed by atoms with van der Waals surface area (Å²) >= 11 is 13.9. The fourth-order valence-corrected chi connectivity index (χ4v) is 5.92. The average Bonchev–Trinajstić information content (AvgIpc) is 3.19. The Kier molecular flexibility index (Phi) is 6.58. The SMILES string of the molecule is CC1=C(C(=O)Nc2ccccc2)C(c2ccccc2Cl)c2c(sc(C(=O)c3ccc(Cl)cc3)c2N)N1. The fourth-order valence-electron chi connectivity index (χ4n) is 4.38. The summed E-state index contributed by atoms with van der Waals surface area (Å²) in [6.07, 6.45) is 0. The number of amides is 1. The van der Waals surface area contributed by atoms with E-state index in [1.807, 2.05) is 55.5 Å². The van der Waals surface area contributed by atoms with Crippen LogP contribution in [0.15, 0.2) is 90.1 Å². The van der Waals surface area contributed by atoms with E-state index in [4.69, 9.17) is 28.9 Å². The lowest BCUT2D eigenvalue weighted by Gasteiger charge is -2.29. The van der Waals surface area contributed by atoms with Crippen LogP contribution in [-0.2, 0) is 4.79 Å². The van der Waals surface area contributed by atoms with Gasteiger partial charge in [0.1, 0.15) is 4.88 Å². The zero-order valence-corrected chi connectivity index (χ0v) is 21.5. The van der Waals surface area contributed by atoms with E-state index in [0.717, 1.165) is 5.56 Å². The monoisotopic (exact) mass is 533 g/mol. The molecule has 4 N–H and O–H groups in total. The first kappa shape index (κ1) is 24.1. The molecule has 36 heavy (non-hydrogen) atoms. The van der Waals surface area contributed by atoms with Crippen LogP contribution in [0, 0.1) is 0 Å². The fraction of sp³-hybridized carbons (Fsp3) is 0.0714. The number of rotatable bonds is 5. The highest BCUT2D eigenvalue weighted by molar-refractivity contribution is 7.19. The molecule has 5 nitrogen and oxygen atoms in total. The standard InChI is InChI=1S/C28H21Cl2N3O2S/c1-15-21(27(35)33-18-7-3-2-4-8-18)22(19-9-5-6-10-20(19)30)23-24(31)26(36-28(23)32-15)25(34)16-11-13-17(29)14-12-16/h2-14,22,32H,31H2,1H3,(H,33,35). The van der Waals surface area contributed by atoms with Gasteiger partial charge >= 0.3 is 0 Å². The van der Waals surface area contributed by atoms with Crippen molar-refractivity contribution in [2.75, 3.05) is 16.4 Å². The molecule has 0 saturated heterocycles. The number of nitrogens with two attached hydrogens (primary N) is 1. The molecule has 0 radical (unpaired) electrons. The van der Waals surface area contributed by atoms with Gasteiger partial charge in [-0.1, -0.05) is 59.6 Å². The minimum atomic E-state index is -0.568. The summed E-state index contributed by atoms with van der Waals surface area (Å²) in [4.78, 5) is 27.4. The van der Waals surface area contributed by atoms with Gasteiger partial charge in [-0.3, -0.25) is 9.59 Å². The number of allylic oxidation sites excluding steroid dienone is 1. The lowest BCUT2D eigenvalue weighted by Crippen LogP contribution is -2.27. The Labute approximate surface area is 222 Å². The van der Waals surface area contributed by atoms with Gasteiger partial charge in [-0.15, -0.1) is 11.3 Å². The van der Waals surface area contributed by atoms with Gasteiger partial charge in [0.25, 0.3) is 5.91 Å². The largest absolute Gasteiger partial charge is 0.397 e. The Morgan fingerprint density at radius 2 is 1.61 bits per heavy atom. The number of carbonyl (C=O) groups excluding carboxylic acids is 2. The Morgan fingerprint density at radius 3 is 2.31 bits per heavy atom. The Morgan fingerprint density at radius 1 is 0.944 bits per heavy atom. The van der Waals surface area contributed by atoms with Gasteiger partial charge < -0.3 is 16.4 Å². The van der Waals surface area contributed by atoms with E-state index in [-0.39, 0.29) is 11.7 Å². The molecule has 0 aliphatic carbocycles. The number of carbonyl (C=O) groups is 2. The van der Waals surface area contributed by atoms with Gasteiger partial charge in [-0.05, 0) is 55.0 Å². The molecule has 5 rings (SSSR count). The molecular formula is C28H21Cl2N3O2S. The number of halogens is 2. The second-order valence-corrected chi connectivity index (χ2v) is 10.2. The number of thiophene rings is 1. The number of fused-ring (bicyclic) bond motifs is 1. The van der Waals surface area contributed by atoms with Crippen LogP contribution in [-0.4, -0.2) is 11.7 Å². The zero-order valence-electron chi connectivity index (χ0n) is 19.1. The molecule has 1 aromatic heterocycles. The number of benzene rings is 3. The molecule has 4 aromatic rings. The summed E-state index contributed by atoms with van der Waals surface area (Å²) < 4.78 is 0. The summed E-state index contributed by atoms with van der Waals surface area (Å²) in [5.41, 5.74) is 10.7. The lowest BCUT2D eigenvalue weighted by atomic mass is 9.81. The number of hydrogen-bond donors (Lipinski definition) is 3. The minimum absolute atomic E-state index is 0.212. The number of anilines is 3. The number of nitrogens with one attached hydrogen (secondary N) is 2.